The molecule has 1 atom stereocenters. The minimum atomic E-state index is -3.54. The van der Waals surface area contributed by atoms with E-state index in [0.29, 0.717) is 25.3 Å². The van der Waals surface area contributed by atoms with E-state index in [0.717, 1.165) is 0 Å². The maximum Gasteiger partial charge on any atom is 0.303 e. The first-order valence-corrected chi connectivity index (χ1v) is 8.41. The third-order valence-electron chi connectivity index (χ3n) is 3.47. The van der Waals surface area contributed by atoms with Crippen molar-refractivity contribution in [3.8, 4) is 0 Å². The number of aromatic nitrogens is 2. The molecule has 1 aromatic heterocycles. The third-order valence-corrected chi connectivity index (χ3v) is 4.89. The summed E-state index contributed by atoms with van der Waals surface area (Å²) in [6, 6.07) is 0. The number of hydrogen-bond acceptors (Lipinski definition) is 4. The Labute approximate surface area is 125 Å². The highest BCUT2D eigenvalue weighted by Crippen LogP contribution is 2.20. The van der Waals surface area contributed by atoms with E-state index in [9.17, 15) is 13.2 Å². The van der Waals surface area contributed by atoms with Crippen LogP contribution >= 0.6 is 0 Å². The highest BCUT2D eigenvalue weighted by atomic mass is 32.2. The number of carbonyl (C=O) groups is 1. The van der Waals surface area contributed by atoms with Crippen molar-refractivity contribution >= 4 is 16.0 Å². The van der Waals surface area contributed by atoms with E-state index in [2.05, 4.69) is 9.82 Å². The molecule has 0 spiro atoms. The van der Waals surface area contributed by atoms with Crippen molar-refractivity contribution in [3.05, 3.63) is 12.4 Å². The second-order valence-electron chi connectivity index (χ2n) is 5.47. The molecule has 1 aromatic rings. The average molecular weight is 317 g/mol. The van der Waals surface area contributed by atoms with Crippen molar-refractivity contribution in [2.24, 2.45) is 18.9 Å². The largest absolute Gasteiger partial charge is 0.481 e. The molecule has 0 radical (unpaired) electrons. The number of hydrogen-bond donors (Lipinski definition) is 2. The summed E-state index contributed by atoms with van der Waals surface area (Å²) in [7, 11) is -1.89. The molecule has 0 saturated heterocycles. The van der Waals surface area contributed by atoms with Gasteiger partial charge in [-0.1, -0.05) is 13.8 Å². The molecule has 2 N–H and O–H groups in total. The van der Waals surface area contributed by atoms with Gasteiger partial charge in [0.1, 0.15) is 4.90 Å². The van der Waals surface area contributed by atoms with Gasteiger partial charge in [0.2, 0.25) is 10.0 Å². The van der Waals surface area contributed by atoms with Gasteiger partial charge in [0, 0.05) is 26.2 Å². The van der Waals surface area contributed by atoms with Gasteiger partial charge in [0.25, 0.3) is 0 Å². The van der Waals surface area contributed by atoms with Crippen LogP contribution in [0, 0.1) is 11.8 Å². The molecule has 0 aliphatic rings. The lowest BCUT2D eigenvalue weighted by atomic mass is 9.88. The summed E-state index contributed by atoms with van der Waals surface area (Å²) >= 11 is 0. The van der Waals surface area contributed by atoms with Gasteiger partial charge in [-0.15, -0.1) is 0 Å². The number of nitrogens with one attached hydrogen (secondary N) is 1. The topological polar surface area (TPSA) is 101 Å². The van der Waals surface area contributed by atoms with Crippen molar-refractivity contribution in [1.82, 2.24) is 14.5 Å². The van der Waals surface area contributed by atoms with Crippen LogP contribution in [0.25, 0.3) is 0 Å². The third kappa shape index (κ3) is 5.84. The molecule has 1 heterocycles. The van der Waals surface area contributed by atoms with E-state index in [1.807, 2.05) is 13.8 Å². The maximum atomic E-state index is 12.0. The second-order valence-corrected chi connectivity index (χ2v) is 7.24. The molecule has 1 rings (SSSR count). The summed E-state index contributed by atoms with van der Waals surface area (Å²) in [6.07, 6.45) is 4.02. The van der Waals surface area contributed by atoms with Gasteiger partial charge in [0.05, 0.1) is 6.20 Å². The molecule has 21 heavy (non-hydrogen) atoms. The zero-order valence-corrected chi connectivity index (χ0v) is 13.4. The summed E-state index contributed by atoms with van der Waals surface area (Å²) in [4.78, 5) is 10.8. The number of aryl methyl sites for hydroxylation is 1. The molecule has 0 aliphatic heterocycles. The minimum Gasteiger partial charge on any atom is -0.481 e. The average Bonchev–Trinajstić information content (AvgIpc) is 2.80. The molecular formula is C13H23N3O4S. The van der Waals surface area contributed by atoms with Gasteiger partial charge in [-0.3, -0.25) is 9.48 Å². The van der Waals surface area contributed by atoms with E-state index < -0.39 is 16.0 Å². The summed E-state index contributed by atoms with van der Waals surface area (Å²) < 4.78 is 28.0. The van der Waals surface area contributed by atoms with Crippen LogP contribution in [0.4, 0.5) is 0 Å². The van der Waals surface area contributed by atoms with Gasteiger partial charge in [-0.25, -0.2) is 13.1 Å². The second kappa shape index (κ2) is 7.56. The fraction of sp³-hybridized carbons (Fsp3) is 0.692. The van der Waals surface area contributed by atoms with E-state index >= 15 is 0 Å². The fourth-order valence-electron chi connectivity index (χ4n) is 2.12. The Balaban J connectivity index is 2.51. The number of sulfonamides is 1. The van der Waals surface area contributed by atoms with Crippen LogP contribution in [0.1, 0.15) is 33.1 Å². The number of carboxylic acid groups (broad SMARTS) is 1. The molecule has 8 heteroatoms. The quantitative estimate of drug-likeness (QED) is 0.713. The van der Waals surface area contributed by atoms with E-state index in [1.165, 1.54) is 17.1 Å². The van der Waals surface area contributed by atoms with Gasteiger partial charge >= 0.3 is 5.97 Å². The van der Waals surface area contributed by atoms with E-state index in [4.69, 9.17) is 5.11 Å². The van der Waals surface area contributed by atoms with Crippen LogP contribution in [0.5, 0.6) is 0 Å². The van der Waals surface area contributed by atoms with Crippen LogP contribution in [0.2, 0.25) is 0 Å². The molecule has 120 valence electrons. The van der Waals surface area contributed by atoms with Crippen molar-refractivity contribution in [3.63, 3.8) is 0 Å². The molecule has 0 saturated carbocycles. The Kier molecular flexibility index (Phi) is 6.35. The van der Waals surface area contributed by atoms with Crippen LogP contribution < -0.4 is 4.72 Å². The summed E-state index contributed by atoms with van der Waals surface area (Å²) in [5.74, 6) is -0.332. The Bertz CT molecular complexity index is 566. The Morgan fingerprint density at radius 1 is 1.43 bits per heavy atom. The number of carboxylic acids is 1. The summed E-state index contributed by atoms with van der Waals surface area (Å²) in [5.41, 5.74) is 0. The van der Waals surface area contributed by atoms with Crippen LogP contribution in [-0.4, -0.2) is 35.8 Å². The highest BCUT2D eigenvalue weighted by Gasteiger charge is 2.18. The molecule has 0 aliphatic carbocycles. The zero-order chi connectivity index (χ0) is 16.0. The zero-order valence-electron chi connectivity index (χ0n) is 12.6. The first-order valence-electron chi connectivity index (χ1n) is 6.92. The van der Waals surface area contributed by atoms with E-state index in [-0.39, 0.29) is 17.2 Å². The molecule has 0 aromatic carbocycles. The van der Waals surface area contributed by atoms with Crippen molar-refractivity contribution in [2.45, 2.75) is 38.0 Å². The van der Waals surface area contributed by atoms with Crippen molar-refractivity contribution in [2.75, 3.05) is 6.54 Å². The first kappa shape index (κ1) is 17.6. The highest BCUT2D eigenvalue weighted by molar-refractivity contribution is 7.89. The Morgan fingerprint density at radius 2 is 2.10 bits per heavy atom. The van der Waals surface area contributed by atoms with Gasteiger partial charge in [-0.05, 0) is 24.7 Å². The maximum absolute atomic E-state index is 12.0. The predicted octanol–water partition coefficient (Wildman–Crippen LogP) is 1.23. The lowest BCUT2D eigenvalue weighted by Gasteiger charge is -2.20. The van der Waals surface area contributed by atoms with E-state index in [1.54, 1.807) is 7.05 Å². The molecule has 0 fully saturated rings. The Hall–Kier alpha value is -1.41. The first-order chi connectivity index (χ1) is 9.72. The number of aliphatic carboxylic acids is 1. The van der Waals surface area contributed by atoms with Crippen molar-refractivity contribution < 1.29 is 18.3 Å². The SMILES string of the molecule is CC(C)C(CCNS(=O)(=O)c1cnn(C)c1)CCC(=O)O. The van der Waals surface area contributed by atoms with Gasteiger partial charge in [0.15, 0.2) is 0 Å². The fourth-order valence-corrected chi connectivity index (χ4v) is 3.15. The number of nitrogens with zero attached hydrogens (tertiary/aromatic N) is 2. The predicted molar refractivity (Wildman–Crippen MR) is 78.2 cm³/mol. The number of rotatable bonds is 9. The molecule has 0 amide bonds. The molecule has 0 bridgehead atoms. The van der Waals surface area contributed by atoms with Crippen molar-refractivity contribution in [1.29, 1.82) is 0 Å². The van der Waals surface area contributed by atoms with Gasteiger partial charge in [-0.2, -0.15) is 5.10 Å². The summed E-state index contributed by atoms with van der Waals surface area (Å²) in [5, 5.41) is 12.6. The van der Waals surface area contributed by atoms with Crippen LogP contribution in [-0.2, 0) is 21.9 Å². The smallest absolute Gasteiger partial charge is 0.303 e. The van der Waals surface area contributed by atoms with Crippen LogP contribution in [0.15, 0.2) is 17.3 Å². The lowest BCUT2D eigenvalue weighted by Crippen LogP contribution is -2.27. The van der Waals surface area contributed by atoms with Gasteiger partial charge < -0.3 is 5.11 Å². The summed E-state index contributed by atoms with van der Waals surface area (Å²) in [6.45, 7) is 4.32. The van der Waals surface area contributed by atoms with Crippen LogP contribution in [0.3, 0.4) is 0 Å². The molecular weight excluding hydrogens is 294 g/mol. The minimum absolute atomic E-state index is 0.109. The standard InChI is InChI=1S/C13H23N3O4S/c1-10(2)11(4-5-13(17)18)6-7-15-21(19,20)12-8-14-16(3)9-12/h8-11,15H,4-7H2,1-3H3,(H,17,18). The Morgan fingerprint density at radius 3 is 2.57 bits per heavy atom. The monoisotopic (exact) mass is 317 g/mol. The molecule has 7 nitrogen and oxygen atoms in total. The molecule has 1 unspecified atom stereocenters. The normalized spacial score (nSPS) is 13.5. The lowest BCUT2D eigenvalue weighted by molar-refractivity contribution is -0.137.